The largest absolute Gasteiger partial charge is 0.481 e. The third kappa shape index (κ3) is 20.9. The normalized spacial score (nSPS) is 11.7. The molecule has 0 aliphatic rings. The van der Waals surface area contributed by atoms with Gasteiger partial charge in [0, 0.05) is 6.42 Å². The summed E-state index contributed by atoms with van der Waals surface area (Å²) in [4.78, 5) is 10.4. The summed E-state index contributed by atoms with van der Waals surface area (Å²) in [5, 5.41) is 8.53. The monoisotopic (exact) mass is 336 g/mol. The lowest BCUT2D eigenvalue weighted by Crippen LogP contribution is -1.92. The van der Waals surface area contributed by atoms with E-state index in [1.54, 1.807) is 0 Å². The van der Waals surface area contributed by atoms with Gasteiger partial charge in [-0.2, -0.15) is 0 Å². The van der Waals surface area contributed by atoms with Crippen molar-refractivity contribution in [1.82, 2.24) is 0 Å². The van der Waals surface area contributed by atoms with Crippen molar-refractivity contribution in [1.29, 1.82) is 0 Å². The molecular weight excluding hydrogens is 296 g/mol. The van der Waals surface area contributed by atoms with Crippen molar-refractivity contribution >= 4 is 5.97 Å². The molecule has 0 spiro atoms. The van der Waals surface area contributed by atoms with Crippen LogP contribution >= 0.6 is 0 Å². The van der Waals surface area contributed by atoms with E-state index in [2.05, 4.69) is 31.2 Å². The number of hydrogen-bond donors (Lipinski definition) is 1. The van der Waals surface area contributed by atoms with Crippen LogP contribution in [0.1, 0.15) is 110 Å². The molecule has 0 aromatic heterocycles. The maximum Gasteiger partial charge on any atom is 0.303 e. The number of allylic oxidation sites excluding steroid dienone is 4. The first kappa shape index (κ1) is 22.9. The molecule has 0 heterocycles. The molecule has 140 valence electrons. The van der Waals surface area contributed by atoms with Crippen LogP contribution in [0, 0.1) is 0 Å². The van der Waals surface area contributed by atoms with E-state index in [1.165, 1.54) is 77.0 Å². The standard InChI is InChI=1S/C22H40O2/c1-2-3-4-5-6-7-8-9-10-11-12-13-14-15-16-17-18-19-20-21-22(23)24/h7-8,17-18H,2-6,9-16,19-21H2,1H3,(H,23,24)/b8-7+,18-17+. The summed E-state index contributed by atoms with van der Waals surface area (Å²) in [6, 6.07) is 0. The van der Waals surface area contributed by atoms with Crippen molar-refractivity contribution in [2.45, 2.75) is 110 Å². The average molecular weight is 337 g/mol. The molecule has 24 heavy (non-hydrogen) atoms. The number of hydrogen-bond acceptors (Lipinski definition) is 1. The zero-order valence-electron chi connectivity index (χ0n) is 16.0. The van der Waals surface area contributed by atoms with Crippen LogP contribution in [0.2, 0.25) is 0 Å². The van der Waals surface area contributed by atoms with Crippen LogP contribution in [0.4, 0.5) is 0 Å². The molecular formula is C22H40O2. The summed E-state index contributed by atoms with van der Waals surface area (Å²) >= 11 is 0. The molecule has 0 saturated heterocycles. The lowest BCUT2D eigenvalue weighted by molar-refractivity contribution is -0.137. The van der Waals surface area contributed by atoms with E-state index in [0.717, 1.165) is 19.3 Å². The first-order valence-corrected chi connectivity index (χ1v) is 10.3. The molecule has 0 fully saturated rings. The molecule has 2 nitrogen and oxygen atoms in total. The Morgan fingerprint density at radius 2 is 1.00 bits per heavy atom. The summed E-state index contributed by atoms with van der Waals surface area (Å²) in [6.07, 6.45) is 28.2. The summed E-state index contributed by atoms with van der Waals surface area (Å²) in [5.41, 5.74) is 0. The Balaban J connectivity index is 3.13. The number of carbonyl (C=O) groups is 1. The predicted octanol–water partition coefficient (Wildman–Crippen LogP) is 7.44. The minimum Gasteiger partial charge on any atom is -0.481 e. The van der Waals surface area contributed by atoms with E-state index >= 15 is 0 Å². The van der Waals surface area contributed by atoms with E-state index in [1.807, 2.05) is 0 Å². The second kappa shape index (κ2) is 20.0. The lowest BCUT2D eigenvalue weighted by atomic mass is 10.1. The van der Waals surface area contributed by atoms with Crippen molar-refractivity contribution in [3.8, 4) is 0 Å². The van der Waals surface area contributed by atoms with Gasteiger partial charge < -0.3 is 5.11 Å². The number of aliphatic carboxylic acids is 1. The van der Waals surface area contributed by atoms with Crippen molar-refractivity contribution in [2.24, 2.45) is 0 Å². The summed E-state index contributed by atoms with van der Waals surface area (Å²) in [7, 11) is 0. The topological polar surface area (TPSA) is 37.3 Å². The van der Waals surface area contributed by atoms with Crippen LogP contribution in [0.25, 0.3) is 0 Å². The molecule has 0 aliphatic heterocycles. The first-order chi connectivity index (χ1) is 11.8. The molecule has 0 unspecified atom stereocenters. The Labute approximate surface area is 150 Å². The lowest BCUT2D eigenvalue weighted by Gasteiger charge is -1.99. The van der Waals surface area contributed by atoms with Crippen LogP contribution in [-0.4, -0.2) is 11.1 Å². The fraction of sp³-hybridized carbons (Fsp3) is 0.773. The van der Waals surface area contributed by atoms with Crippen LogP contribution < -0.4 is 0 Å². The molecule has 2 heteroatoms. The van der Waals surface area contributed by atoms with Gasteiger partial charge in [0.15, 0.2) is 0 Å². The predicted molar refractivity (Wildman–Crippen MR) is 105 cm³/mol. The molecule has 0 amide bonds. The molecule has 0 rings (SSSR count). The zero-order valence-corrected chi connectivity index (χ0v) is 16.0. The first-order valence-electron chi connectivity index (χ1n) is 10.3. The highest BCUT2D eigenvalue weighted by Gasteiger charge is 1.93. The fourth-order valence-corrected chi connectivity index (χ4v) is 2.76. The Kier molecular flexibility index (Phi) is 19.1. The van der Waals surface area contributed by atoms with E-state index in [-0.39, 0.29) is 0 Å². The third-order valence-electron chi connectivity index (χ3n) is 4.31. The quantitative estimate of drug-likeness (QED) is 0.208. The van der Waals surface area contributed by atoms with Gasteiger partial charge in [-0.3, -0.25) is 4.79 Å². The van der Waals surface area contributed by atoms with Gasteiger partial charge in [-0.15, -0.1) is 0 Å². The van der Waals surface area contributed by atoms with Gasteiger partial charge in [0.2, 0.25) is 0 Å². The van der Waals surface area contributed by atoms with Crippen LogP contribution in [0.15, 0.2) is 24.3 Å². The number of rotatable bonds is 18. The highest BCUT2D eigenvalue weighted by Crippen LogP contribution is 2.10. The smallest absolute Gasteiger partial charge is 0.303 e. The Bertz CT molecular complexity index is 318. The average Bonchev–Trinajstić information content (AvgIpc) is 2.56. The van der Waals surface area contributed by atoms with Gasteiger partial charge in [-0.05, 0) is 51.4 Å². The van der Waals surface area contributed by atoms with Gasteiger partial charge in [-0.25, -0.2) is 0 Å². The molecule has 0 saturated carbocycles. The number of carboxylic acids is 1. The van der Waals surface area contributed by atoms with Crippen LogP contribution in [0.3, 0.4) is 0 Å². The molecule has 1 N–H and O–H groups in total. The van der Waals surface area contributed by atoms with Crippen LogP contribution in [0.5, 0.6) is 0 Å². The minimum atomic E-state index is -0.689. The summed E-state index contributed by atoms with van der Waals surface area (Å²) in [5.74, 6) is -0.689. The van der Waals surface area contributed by atoms with E-state index in [0.29, 0.717) is 6.42 Å². The van der Waals surface area contributed by atoms with Gasteiger partial charge >= 0.3 is 5.97 Å². The van der Waals surface area contributed by atoms with Crippen molar-refractivity contribution in [3.63, 3.8) is 0 Å². The van der Waals surface area contributed by atoms with Gasteiger partial charge in [0.1, 0.15) is 0 Å². The molecule has 0 aliphatic carbocycles. The molecule has 0 aromatic carbocycles. The van der Waals surface area contributed by atoms with Crippen LogP contribution in [-0.2, 0) is 4.79 Å². The Morgan fingerprint density at radius 3 is 1.42 bits per heavy atom. The van der Waals surface area contributed by atoms with Crippen molar-refractivity contribution in [3.05, 3.63) is 24.3 Å². The maximum atomic E-state index is 10.4. The second-order valence-corrected chi connectivity index (χ2v) is 6.78. The third-order valence-corrected chi connectivity index (χ3v) is 4.31. The molecule has 0 aromatic rings. The van der Waals surface area contributed by atoms with Gasteiger partial charge in [0.25, 0.3) is 0 Å². The van der Waals surface area contributed by atoms with Gasteiger partial charge in [0.05, 0.1) is 0 Å². The molecule has 0 bridgehead atoms. The van der Waals surface area contributed by atoms with E-state index in [4.69, 9.17) is 5.11 Å². The van der Waals surface area contributed by atoms with E-state index in [9.17, 15) is 4.79 Å². The highest BCUT2D eigenvalue weighted by atomic mass is 16.4. The Hall–Kier alpha value is -1.05. The SMILES string of the molecule is CCCCCC/C=C/CCCCCCCC/C=C/CCCC(=O)O. The number of unbranched alkanes of at least 4 members (excludes halogenated alkanes) is 12. The summed E-state index contributed by atoms with van der Waals surface area (Å²) in [6.45, 7) is 2.26. The Morgan fingerprint density at radius 1 is 0.625 bits per heavy atom. The maximum absolute atomic E-state index is 10.4. The summed E-state index contributed by atoms with van der Waals surface area (Å²) < 4.78 is 0. The number of carboxylic acid groups (broad SMARTS) is 1. The van der Waals surface area contributed by atoms with Gasteiger partial charge in [-0.1, -0.05) is 76.2 Å². The van der Waals surface area contributed by atoms with Crippen molar-refractivity contribution < 1.29 is 9.90 Å². The molecule has 0 radical (unpaired) electrons. The molecule has 0 atom stereocenters. The second-order valence-electron chi connectivity index (χ2n) is 6.78. The van der Waals surface area contributed by atoms with E-state index < -0.39 is 5.97 Å². The van der Waals surface area contributed by atoms with Crippen molar-refractivity contribution in [2.75, 3.05) is 0 Å². The minimum absolute atomic E-state index is 0.290. The fourth-order valence-electron chi connectivity index (χ4n) is 2.76. The highest BCUT2D eigenvalue weighted by molar-refractivity contribution is 5.66. The zero-order chi connectivity index (χ0) is 17.7.